The van der Waals surface area contributed by atoms with Gasteiger partial charge in [0.25, 0.3) is 0 Å². The van der Waals surface area contributed by atoms with Gasteiger partial charge in [-0.1, -0.05) is 0 Å². The van der Waals surface area contributed by atoms with Crippen LogP contribution in [-0.4, -0.2) is 28.9 Å². The van der Waals surface area contributed by atoms with E-state index in [2.05, 4.69) is 0 Å². The van der Waals surface area contributed by atoms with E-state index in [1.807, 2.05) is 4.57 Å². The maximum Gasteiger partial charge on any atom is 0.341 e. The normalized spacial score (nSPS) is 19.9. The van der Waals surface area contributed by atoms with Crippen molar-refractivity contribution in [2.75, 3.05) is 13.2 Å². The second-order valence-corrected chi connectivity index (χ2v) is 3.92. The molecule has 1 saturated heterocycles. The molecule has 1 aliphatic rings. The van der Waals surface area contributed by atoms with Crippen molar-refractivity contribution >= 4 is 5.97 Å². The van der Waals surface area contributed by atoms with Gasteiger partial charge in [-0.15, -0.1) is 0 Å². The molecule has 0 spiro atoms. The van der Waals surface area contributed by atoms with Crippen LogP contribution < -0.4 is 5.43 Å². The monoisotopic (exact) mass is 223 g/mol. The Morgan fingerprint density at radius 2 is 2.38 bits per heavy atom. The van der Waals surface area contributed by atoms with E-state index in [-0.39, 0.29) is 11.6 Å². The van der Waals surface area contributed by atoms with Crippen LogP contribution in [0.5, 0.6) is 0 Å². The van der Waals surface area contributed by atoms with E-state index in [4.69, 9.17) is 9.84 Å². The van der Waals surface area contributed by atoms with Gasteiger partial charge in [-0.3, -0.25) is 4.79 Å². The summed E-state index contributed by atoms with van der Waals surface area (Å²) in [5.74, 6) is -1.18. The van der Waals surface area contributed by atoms with Crippen molar-refractivity contribution in [2.24, 2.45) is 0 Å². The molecule has 2 rings (SSSR count). The van der Waals surface area contributed by atoms with Crippen molar-refractivity contribution in [3.63, 3.8) is 0 Å². The Balaban J connectivity index is 2.48. The number of aryl methyl sites for hydroxylation is 1. The fourth-order valence-electron chi connectivity index (χ4n) is 1.94. The van der Waals surface area contributed by atoms with Gasteiger partial charge >= 0.3 is 5.97 Å². The van der Waals surface area contributed by atoms with Crippen LogP contribution in [0.2, 0.25) is 0 Å². The van der Waals surface area contributed by atoms with E-state index in [9.17, 15) is 9.59 Å². The molecule has 2 heterocycles. The first-order valence-electron chi connectivity index (χ1n) is 5.13. The number of aromatic carboxylic acids is 1. The van der Waals surface area contributed by atoms with Crippen molar-refractivity contribution in [1.29, 1.82) is 0 Å². The number of hydrogen-bond acceptors (Lipinski definition) is 3. The summed E-state index contributed by atoms with van der Waals surface area (Å²) < 4.78 is 7.07. The van der Waals surface area contributed by atoms with Gasteiger partial charge in [0, 0.05) is 24.6 Å². The smallest absolute Gasteiger partial charge is 0.341 e. The summed E-state index contributed by atoms with van der Waals surface area (Å²) in [4.78, 5) is 22.3. The number of pyridine rings is 1. The van der Waals surface area contributed by atoms with E-state index in [0.717, 1.165) is 12.1 Å². The second kappa shape index (κ2) is 4.09. The first-order valence-corrected chi connectivity index (χ1v) is 5.13. The number of hydrogen-bond donors (Lipinski definition) is 1. The number of carbonyl (C=O) groups is 1. The van der Waals surface area contributed by atoms with Gasteiger partial charge in [-0.05, 0) is 13.3 Å². The molecule has 0 saturated carbocycles. The molecule has 0 aromatic carbocycles. The molecule has 86 valence electrons. The zero-order valence-corrected chi connectivity index (χ0v) is 8.97. The van der Waals surface area contributed by atoms with Gasteiger partial charge in [-0.25, -0.2) is 4.79 Å². The fourth-order valence-corrected chi connectivity index (χ4v) is 1.94. The molecule has 5 nitrogen and oxygen atoms in total. The van der Waals surface area contributed by atoms with Gasteiger partial charge in [-0.2, -0.15) is 0 Å². The third-order valence-electron chi connectivity index (χ3n) is 2.81. The zero-order valence-electron chi connectivity index (χ0n) is 8.97. The van der Waals surface area contributed by atoms with Gasteiger partial charge in [0.05, 0.1) is 12.6 Å². The number of carboxylic acids is 1. The Hall–Kier alpha value is -1.62. The first kappa shape index (κ1) is 10.9. The summed E-state index contributed by atoms with van der Waals surface area (Å²) in [6, 6.07) is 1.50. The van der Waals surface area contributed by atoms with E-state index in [0.29, 0.717) is 13.2 Å². The van der Waals surface area contributed by atoms with Crippen molar-refractivity contribution in [3.05, 3.63) is 33.7 Å². The van der Waals surface area contributed by atoms with Crippen LogP contribution in [0.25, 0.3) is 0 Å². The van der Waals surface area contributed by atoms with E-state index in [1.54, 1.807) is 6.92 Å². The molecule has 16 heavy (non-hydrogen) atoms. The average molecular weight is 223 g/mol. The Morgan fingerprint density at radius 1 is 1.62 bits per heavy atom. The second-order valence-electron chi connectivity index (χ2n) is 3.92. The number of ether oxygens (including phenoxy) is 1. The molecule has 1 aromatic rings. The summed E-state index contributed by atoms with van der Waals surface area (Å²) in [5, 5.41) is 8.88. The van der Waals surface area contributed by atoms with E-state index < -0.39 is 11.4 Å². The number of carboxylic acid groups (broad SMARTS) is 1. The third-order valence-corrected chi connectivity index (χ3v) is 2.81. The lowest BCUT2D eigenvalue weighted by atomic mass is 10.2. The first-order chi connectivity index (χ1) is 7.59. The predicted octanol–water partition coefficient (Wildman–Crippen LogP) is 0.816. The predicted molar refractivity (Wildman–Crippen MR) is 56.9 cm³/mol. The maximum absolute atomic E-state index is 11.4. The highest BCUT2D eigenvalue weighted by Crippen LogP contribution is 2.20. The molecule has 1 aromatic heterocycles. The zero-order chi connectivity index (χ0) is 11.7. The number of aromatic nitrogens is 1. The van der Waals surface area contributed by atoms with Crippen molar-refractivity contribution in [1.82, 2.24) is 4.57 Å². The summed E-state index contributed by atoms with van der Waals surface area (Å²) in [6.07, 6.45) is 2.27. The largest absolute Gasteiger partial charge is 0.477 e. The van der Waals surface area contributed by atoms with Crippen LogP contribution in [0.15, 0.2) is 17.1 Å². The highest BCUT2D eigenvalue weighted by atomic mass is 16.5. The molecule has 1 unspecified atom stereocenters. The summed E-state index contributed by atoms with van der Waals surface area (Å²) >= 11 is 0. The SMILES string of the molecule is Cc1cc(=O)c(C(=O)O)cn1C1CCOC1. The summed E-state index contributed by atoms with van der Waals surface area (Å²) in [7, 11) is 0. The highest BCUT2D eigenvalue weighted by Gasteiger charge is 2.20. The summed E-state index contributed by atoms with van der Waals surface area (Å²) in [6.45, 7) is 3.05. The Morgan fingerprint density at radius 3 is 2.94 bits per heavy atom. The lowest BCUT2D eigenvalue weighted by Crippen LogP contribution is -2.21. The van der Waals surface area contributed by atoms with Crippen LogP contribution in [0.3, 0.4) is 0 Å². The van der Waals surface area contributed by atoms with Gasteiger partial charge in [0.15, 0.2) is 5.43 Å². The number of rotatable bonds is 2. The Bertz CT molecular complexity index is 471. The number of nitrogens with zero attached hydrogens (tertiary/aromatic N) is 1. The van der Waals surface area contributed by atoms with Crippen LogP contribution >= 0.6 is 0 Å². The molecule has 1 N–H and O–H groups in total. The minimum Gasteiger partial charge on any atom is -0.477 e. The topological polar surface area (TPSA) is 68.5 Å². The van der Waals surface area contributed by atoms with Gasteiger partial charge < -0.3 is 14.4 Å². The molecule has 5 heteroatoms. The molecule has 0 aliphatic carbocycles. The minimum absolute atomic E-state index is 0.138. The quantitative estimate of drug-likeness (QED) is 0.805. The van der Waals surface area contributed by atoms with Crippen LogP contribution in [0, 0.1) is 6.92 Å². The molecule has 1 aliphatic heterocycles. The molecule has 1 fully saturated rings. The van der Waals surface area contributed by atoms with Crippen LogP contribution in [-0.2, 0) is 4.74 Å². The standard InChI is InChI=1S/C11H13NO4/c1-7-4-10(13)9(11(14)15)5-12(7)8-2-3-16-6-8/h4-5,8H,2-3,6H2,1H3,(H,14,15). The fraction of sp³-hybridized carbons (Fsp3) is 0.455. The van der Waals surface area contributed by atoms with Crippen molar-refractivity contribution < 1.29 is 14.6 Å². The molecule has 0 amide bonds. The van der Waals surface area contributed by atoms with E-state index in [1.165, 1.54) is 12.3 Å². The average Bonchev–Trinajstić information content (AvgIpc) is 2.70. The summed E-state index contributed by atoms with van der Waals surface area (Å²) in [5.41, 5.74) is 0.142. The molecule has 1 atom stereocenters. The van der Waals surface area contributed by atoms with Crippen molar-refractivity contribution in [2.45, 2.75) is 19.4 Å². The van der Waals surface area contributed by atoms with Crippen molar-refractivity contribution in [3.8, 4) is 0 Å². The lowest BCUT2D eigenvalue weighted by molar-refractivity contribution is 0.0694. The maximum atomic E-state index is 11.4. The van der Waals surface area contributed by atoms with E-state index >= 15 is 0 Å². The third kappa shape index (κ3) is 1.86. The van der Waals surface area contributed by atoms with Gasteiger partial charge in [0.1, 0.15) is 5.56 Å². The molecule has 0 radical (unpaired) electrons. The minimum atomic E-state index is -1.18. The molecular formula is C11H13NO4. The Kier molecular flexibility index (Phi) is 2.78. The lowest BCUT2D eigenvalue weighted by Gasteiger charge is -2.16. The highest BCUT2D eigenvalue weighted by molar-refractivity contribution is 5.87. The van der Waals surface area contributed by atoms with Crippen LogP contribution in [0.4, 0.5) is 0 Å². The molecule has 0 bridgehead atoms. The van der Waals surface area contributed by atoms with Gasteiger partial charge in [0.2, 0.25) is 0 Å². The van der Waals surface area contributed by atoms with Crippen LogP contribution in [0.1, 0.15) is 28.5 Å². The molecular weight excluding hydrogens is 210 g/mol. The Labute approximate surface area is 92.3 Å².